The summed E-state index contributed by atoms with van der Waals surface area (Å²) >= 11 is 0. The fourth-order valence-corrected chi connectivity index (χ4v) is 3.53. The van der Waals surface area contributed by atoms with E-state index in [9.17, 15) is 27.2 Å². The van der Waals surface area contributed by atoms with Crippen LogP contribution < -0.4 is 14.8 Å². The van der Waals surface area contributed by atoms with Crippen LogP contribution in [0.3, 0.4) is 0 Å². The third-order valence-corrected chi connectivity index (χ3v) is 5.08. The van der Waals surface area contributed by atoms with E-state index in [0.29, 0.717) is 25.2 Å². The first-order chi connectivity index (χ1) is 16.2. The monoisotopic (exact) mass is 481 g/mol. The van der Waals surface area contributed by atoms with Gasteiger partial charge in [-0.15, -0.1) is 0 Å². The molecule has 1 saturated heterocycles. The zero-order valence-electron chi connectivity index (χ0n) is 18.2. The molecule has 3 rings (SSSR count). The van der Waals surface area contributed by atoms with Gasteiger partial charge in [0.15, 0.2) is 0 Å². The Hall–Kier alpha value is -3.63. The van der Waals surface area contributed by atoms with Crippen LogP contribution in [0.1, 0.15) is 24.1 Å². The maximum absolute atomic E-state index is 12.7. The summed E-state index contributed by atoms with van der Waals surface area (Å²) in [4.78, 5) is 31.0. The number of nitrogens with zero attached hydrogens (tertiary/aromatic N) is 2. The molecule has 1 N–H and O–H groups in total. The molecule has 1 atom stereocenters. The predicted octanol–water partition coefficient (Wildman–Crippen LogP) is 4.48. The van der Waals surface area contributed by atoms with Gasteiger partial charge in [0.25, 0.3) is 0 Å². The average molecular weight is 481 g/mol. The molecule has 2 heterocycles. The van der Waals surface area contributed by atoms with Gasteiger partial charge in [0, 0.05) is 36.5 Å². The molecule has 1 aliphatic rings. The maximum atomic E-state index is 12.7. The molecule has 1 unspecified atom stereocenters. The summed E-state index contributed by atoms with van der Waals surface area (Å²) in [6.45, 7) is -3.91. The molecule has 0 saturated carbocycles. The van der Waals surface area contributed by atoms with E-state index in [1.807, 2.05) is 0 Å². The second-order valence-electron chi connectivity index (χ2n) is 7.57. The highest BCUT2D eigenvalue weighted by molar-refractivity contribution is 5.94. The molecule has 34 heavy (non-hydrogen) atoms. The molecule has 1 aromatic carbocycles. The number of alkyl halides is 4. The third-order valence-electron chi connectivity index (χ3n) is 5.08. The van der Waals surface area contributed by atoms with Crippen molar-refractivity contribution in [2.24, 2.45) is 5.92 Å². The lowest BCUT2D eigenvalue weighted by molar-refractivity contribution is -0.130. The van der Waals surface area contributed by atoms with Crippen LogP contribution in [0.25, 0.3) is 6.08 Å². The molecule has 2 aromatic rings. The Morgan fingerprint density at radius 2 is 1.91 bits per heavy atom. The summed E-state index contributed by atoms with van der Waals surface area (Å²) in [5.41, 5.74) is 0.833. The molecular weight excluding hydrogens is 458 g/mol. The summed E-state index contributed by atoms with van der Waals surface area (Å²) in [5, 5.41) is 2.76. The highest BCUT2D eigenvalue weighted by Gasteiger charge is 2.28. The minimum Gasteiger partial charge on any atom is -0.435 e. The number of ether oxygens (including phenoxy) is 2. The van der Waals surface area contributed by atoms with Crippen molar-refractivity contribution in [3.05, 3.63) is 53.7 Å². The number of piperidine rings is 1. The number of aryl methyl sites for hydroxylation is 1. The number of hydrogen-bond acceptors (Lipinski definition) is 5. The Morgan fingerprint density at radius 3 is 2.62 bits per heavy atom. The summed E-state index contributed by atoms with van der Waals surface area (Å²) in [6, 6.07) is 8.52. The molecule has 0 spiro atoms. The Bertz CT molecular complexity index is 1050. The van der Waals surface area contributed by atoms with Gasteiger partial charge in [-0.05, 0) is 50.1 Å². The van der Waals surface area contributed by atoms with Crippen molar-refractivity contribution in [3.63, 3.8) is 0 Å². The number of anilines is 1. The maximum Gasteiger partial charge on any atom is 0.387 e. The lowest BCUT2D eigenvalue weighted by Gasteiger charge is -2.31. The number of rotatable bonds is 8. The zero-order chi connectivity index (χ0) is 24.7. The van der Waals surface area contributed by atoms with Gasteiger partial charge in [0.05, 0.1) is 5.92 Å². The largest absolute Gasteiger partial charge is 0.435 e. The van der Waals surface area contributed by atoms with Crippen LogP contribution in [0.4, 0.5) is 23.4 Å². The molecule has 1 aliphatic heterocycles. The van der Waals surface area contributed by atoms with Gasteiger partial charge >= 0.3 is 13.2 Å². The Morgan fingerprint density at radius 1 is 1.15 bits per heavy atom. The SMILES string of the molecule is Cc1cccc(NC(=O)C2CCCN(C(=O)C=Cc3ccc(OC(F)F)cc3OC(F)F)C2)n1. The van der Waals surface area contributed by atoms with Crippen LogP contribution in [0.15, 0.2) is 42.5 Å². The van der Waals surface area contributed by atoms with Crippen LogP contribution >= 0.6 is 0 Å². The first kappa shape index (κ1) is 25.0. The molecule has 2 amide bonds. The van der Waals surface area contributed by atoms with Gasteiger partial charge in [-0.25, -0.2) is 4.98 Å². The molecular formula is C23H23F4N3O4. The standard InChI is InChI=1S/C23H23F4N3O4/c1-14-4-2-6-19(28-14)29-21(32)16-5-3-11-30(13-16)20(31)10-8-15-7-9-17(33-22(24)25)12-18(15)34-23(26)27/h2,4,6-10,12,16,22-23H,3,5,11,13H2,1H3,(H,28,29,32). The number of nitrogens with one attached hydrogen (secondary N) is 1. The van der Waals surface area contributed by atoms with Crippen LogP contribution in [0.2, 0.25) is 0 Å². The molecule has 0 radical (unpaired) electrons. The summed E-state index contributed by atoms with van der Waals surface area (Å²) in [7, 11) is 0. The molecule has 0 bridgehead atoms. The quantitative estimate of drug-likeness (QED) is 0.444. The Balaban J connectivity index is 1.66. The first-order valence-electron chi connectivity index (χ1n) is 10.5. The highest BCUT2D eigenvalue weighted by Crippen LogP contribution is 2.29. The summed E-state index contributed by atoms with van der Waals surface area (Å²) < 4.78 is 58.8. The van der Waals surface area contributed by atoms with Crippen LogP contribution in [-0.4, -0.2) is 48.0 Å². The average Bonchev–Trinajstić information content (AvgIpc) is 2.77. The number of carbonyl (C=O) groups excluding carboxylic acids is 2. The number of carbonyl (C=O) groups is 2. The van der Waals surface area contributed by atoms with Crippen LogP contribution in [0.5, 0.6) is 11.5 Å². The molecule has 1 fully saturated rings. The first-order valence-corrected chi connectivity index (χ1v) is 10.5. The second kappa shape index (κ2) is 11.5. The van der Waals surface area contributed by atoms with Crippen molar-refractivity contribution in [1.29, 1.82) is 0 Å². The number of hydrogen-bond donors (Lipinski definition) is 1. The number of amides is 2. The number of benzene rings is 1. The minimum absolute atomic E-state index is 0.0760. The van der Waals surface area contributed by atoms with Crippen molar-refractivity contribution in [2.75, 3.05) is 18.4 Å². The van der Waals surface area contributed by atoms with Crippen molar-refractivity contribution < 1.29 is 36.6 Å². The van der Waals surface area contributed by atoms with Gasteiger partial charge in [-0.2, -0.15) is 17.6 Å². The second-order valence-corrected chi connectivity index (χ2v) is 7.57. The zero-order valence-corrected chi connectivity index (χ0v) is 18.2. The fraction of sp³-hybridized carbons (Fsp3) is 0.348. The summed E-state index contributed by atoms with van der Waals surface area (Å²) in [5.74, 6) is -1.46. The van der Waals surface area contributed by atoms with E-state index in [1.165, 1.54) is 17.0 Å². The van der Waals surface area contributed by atoms with Gasteiger partial charge in [0.2, 0.25) is 11.8 Å². The number of halogens is 4. The molecule has 182 valence electrons. The van der Waals surface area contributed by atoms with E-state index in [1.54, 1.807) is 25.1 Å². The number of likely N-dealkylation sites (tertiary alicyclic amines) is 1. The lowest BCUT2D eigenvalue weighted by Crippen LogP contribution is -2.43. The fourth-order valence-electron chi connectivity index (χ4n) is 3.53. The topological polar surface area (TPSA) is 80.8 Å². The third kappa shape index (κ3) is 7.19. The lowest BCUT2D eigenvalue weighted by atomic mass is 9.97. The minimum atomic E-state index is -3.20. The van der Waals surface area contributed by atoms with Gasteiger partial charge in [-0.1, -0.05) is 6.07 Å². The molecule has 0 aliphatic carbocycles. The van der Waals surface area contributed by atoms with E-state index in [-0.39, 0.29) is 23.8 Å². The van der Waals surface area contributed by atoms with E-state index < -0.39 is 30.8 Å². The van der Waals surface area contributed by atoms with E-state index in [2.05, 4.69) is 19.8 Å². The van der Waals surface area contributed by atoms with Crippen molar-refractivity contribution in [3.8, 4) is 11.5 Å². The van der Waals surface area contributed by atoms with Crippen molar-refractivity contribution in [1.82, 2.24) is 9.88 Å². The smallest absolute Gasteiger partial charge is 0.387 e. The predicted molar refractivity (Wildman–Crippen MR) is 116 cm³/mol. The normalized spacial score (nSPS) is 16.2. The van der Waals surface area contributed by atoms with Crippen molar-refractivity contribution >= 4 is 23.7 Å². The molecule has 7 nitrogen and oxygen atoms in total. The van der Waals surface area contributed by atoms with Gasteiger partial charge in [0.1, 0.15) is 17.3 Å². The van der Waals surface area contributed by atoms with Crippen LogP contribution in [-0.2, 0) is 9.59 Å². The van der Waals surface area contributed by atoms with Crippen molar-refractivity contribution in [2.45, 2.75) is 33.0 Å². The van der Waals surface area contributed by atoms with Gasteiger partial charge in [-0.3, -0.25) is 9.59 Å². The highest BCUT2D eigenvalue weighted by atomic mass is 19.3. The number of aromatic nitrogens is 1. The summed E-state index contributed by atoms with van der Waals surface area (Å²) in [6.07, 6.45) is 3.61. The molecule has 11 heteroatoms. The Kier molecular flexibility index (Phi) is 8.44. The Labute approximate surface area is 193 Å². The van der Waals surface area contributed by atoms with E-state index in [0.717, 1.165) is 23.9 Å². The van der Waals surface area contributed by atoms with E-state index in [4.69, 9.17) is 0 Å². The van der Waals surface area contributed by atoms with Gasteiger partial charge < -0.3 is 19.7 Å². The molecule has 1 aromatic heterocycles. The van der Waals surface area contributed by atoms with Crippen LogP contribution in [0, 0.1) is 12.8 Å². The number of pyridine rings is 1. The van der Waals surface area contributed by atoms with E-state index >= 15 is 0 Å².